The van der Waals surface area contributed by atoms with Gasteiger partial charge in [0, 0.05) is 0 Å². The number of hydrogen-bond acceptors (Lipinski definition) is 2. The third-order valence-corrected chi connectivity index (χ3v) is 2.51. The van der Waals surface area contributed by atoms with Crippen LogP contribution in [0.15, 0.2) is 18.2 Å². The van der Waals surface area contributed by atoms with Gasteiger partial charge in [-0.2, -0.15) is 13.2 Å². The molecule has 0 radical (unpaired) electrons. The molecule has 0 fully saturated rings. The number of ether oxygens (including phenoxy) is 1. The van der Waals surface area contributed by atoms with Crippen molar-refractivity contribution in [1.82, 2.24) is 0 Å². The standard InChI is InChI=1S/C11H9F3O2/c1-6-5-16-9-4-7(11(12,13)14)2-3-8(9)10(6)15/h2-4,6H,5H2,1H3. The van der Waals surface area contributed by atoms with Gasteiger partial charge in [0.05, 0.1) is 23.7 Å². The van der Waals surface area contributed by atoms with E-state index in [0.29, 0.717) is 0 Å². The summed E-state index contributed by atoms with van der Waals surface area (Å²) in [6.07, 6.45) is -4.41. The van der Waals surface area contributed by atoms with Crippen LogP contribution in [0.25, 0.3) is 0 Å². The van der Waals surface area contributed by atoms with Crippen molar-refractivity contribution in [3.8, 4) is 5.75 Å². The van der Waals surface area contributed by atoms with E-state index in [2.05, 4.69) is 0 Å². The summed E-state index contributed by atoms with van der Waals surface area (Å²) in [5.74, 6) is -0.447. The molecular formula is C11H9F3O2. The zero-order chi connectivity index (χ0) is 11.9. The highest BCUT2D eigenvalue weighted by atomic mass is 19.4. The van der Waals surface area contributed by atoms with Crippen molar-refractivity contribution >= 4 is 5.78 Å². The third-order valence-electron chi connectivity index (χ3n) is 2.51. The number of alkyl halides is 3. The second-order valence-corrected chi connectivity index (χ2v) is 3.79. The SMILES string of the molecule is CC1COc2cc(C(F)(F)F)ccc2C1=O. The molecule has 0 N–H and O–H groups in total. The highest BCUT2D eigenvalue weighted by Crippen LogP contribution is 2.35. The molecule has 0 aliphatic carbocycles. The van der Waals surface area contributed by atoms with Gasteiger partial charge in [-0.1, -0.05) is 6.92 Å². The van der Waals surface area contributed by atoms with Crippen molar-refractivity contribution in [2.24, 2.45) is 5.92 Å². The summed E-state index contributed by atoms with van der Waals surface area (Å²) in [4.78, 5) is 11.6. The normalized spacial score (nSPS) is 20.2. The molecule has 0 bridgehead atoms. The summed E-state index contributed by atoms with van der Waals surface area (Å²) >= 11 is 0. The number of benzene rings is 1. The van der Waals surface area contributed by atoms with E-state index in [0.717, 1.165) is 12.1 Å². The summed E-state index contributed by atoms with van der Waals surface area (Å²) in [7, 11) is 0. The Balaban J connectivity index is 2.45. The molecule has 1 aliphatic rings. The van der Waals surface area contributed by atoms with Gasteiger partial charge < -0.3 is 4.74 Å². The number of hydrogen-bond donors (Lipinski definition) is 0. The maximum absolute atomic E-state index is 12.4. The van der Waals surface area contributed by atoms with Gasteiger partial charge in [-0.25, -0.2) is 0 Å². The predicted octanol–water partition coefficient (Wildman–Crippen LogP) is 2.92. The lowest BCUT2D eigenvalue weighted by Crippen LogP contribution is -2.25. The lowest BCUT2D eigenvalue weighted by molar-refractivity contribution is -0.137. The number of rotatable bonds is 0. The molecule has 0 saturated carbocycles. The van der Waals surface area contributed by atoms with Gasteiger partial charge in [-0.3, -0.25) is 4.79 Å². The molecule has 0 aromatic heterocycles. The Morgan fingerprint density at radius 3 is 2.69 bits per heavy atom. The fraction of sp³-hybridized carbons (Fsp3) is 0.364. The monoisotopic (exact) mass is 230 g/mol. The van der Waals surface area contributed by atoms with Crippen LogP contribution in [0.4, 0.5) is 13.2 Å². The average Bonchev–Trinajstić information content (AvgIpc) is 2.22. The molecule has 0 amide bonds. The van der Waals surface area contributed by atoms with Crippen LogP contribution in [0.1, 0.15) is 22.8 Å². The van der Waals surface area contributed by atoms with E-state index in [4.69, 9.17) is 4.74 Å². The molecule has 1 atom stereocenters. The molecule has 0 spiro atoms. The number of fused-ring (bicyclic) bond motifs is 1. The molecule has 0 saturated heterocycles. The number of Topliss-reactive ketones (excluding diaryl/α,β-unsaturated/α-hetero) is 1. The maximum Gasteiger partial charge on any atom is 0.416 e. The van der Waals surface area contributed by atoms with E-state index in [1.807, 2.05) is 0 Å². The molecule has 1 aromatic rings. The Kier molecular flexibility index (Phi) is 2.40. The van der Waals surface area contributed by atoms with Crippen molar-refractivity contribution < 1.29 is 22.7 Å². The number of ketones is 1. The van der Waals surface area contributed by atoms with Crippen molar-refractivity contribution in [3.05, 3.63) is 29.3 Å². The molecule has 2 nitrogen and oxygen atoms in total. The van der Waals surface area contributed by atoms with Crippen molar-refractivity contribution in [2.75, 3.05) is 6.61 Å². The van der Waals surface area contributed by atoms with E-state index < -0.39 is 11.7 Å². The van der Waals surface area contributed by atoms with E-state index in [-0.39, 0.29) is 29.6 Å². The van der Waals surface area contributed by atoms with Gasteiger partial charge in [0.1, 0.15) is 5.75 Å². The molecular weight excluding hydrogens is 221 g/mol. The molecule has 1 unspecified atom stereocenters. The molecule has 1 aliphatic heterocycles. The van der Waals surface area contributed by atoms with Crippen LogP contribution >= 0.6 is 0 Å². The highest BCUT2D eigenvalue weighted by Gasteiger charge is 2.33. The van der Waals surface area contributed by atoms with Crippen LogP contribution in [-0.2, 0) is 6.18 Å². The lowest BCUT2D eigenvalue weighted by Gasteiger charge is -2.22. The minimum atomic E-state index is -4.41. The highest BCUT2D eigenvalue weighted by molar-refractivity contribution is 6.01. The smallest absolute Gasteiger partial charge is 0.416 e. The van der Waals surface area contributed by atoms with Crippen molar-refractivity contribution in [1.29, 1.82) is 0 Å². The molecule has 2 rings (SSSR count). The van der Waals surface area contributed by atoms with Gasteiger partial charge >= 0.3 is 6.18 Å². The zero-order valence-corrected chi connectivity index (χ0v) is 8.47. The minimum Gasteiger partial charge on any atom is -0.492 e. The second-order valence-electron chi connectivity index (χ2n) is 3.79. The second kappa shape index (κ2) is 3.50. The molecule has 1 aromatic carbocycles. The van der Waals surface area contributed by atoms with Gasteiger partial charge in [-0.05, 0) is 18.2 Å². The van der Waals surface area contributed by atoms with Gasteiger partial charge in [0.2, 0.25) is 0 Å². The number of halogens is 3. The minimum absolute atomic E-state index is 0.0259. The van der Waals surface area contributed by atoms with Crippen LogP contribution in [-0.4, -0.2) is 12.4 Å². The van der Waals surface area contributed by atoms with Crippen molar-refractivity contribution in [2.45, 2.75) is 13.1 Å². The molecule has 1 heterocycles. The first-order chi connectivity index (χ1) is 7.39. The number of carbonyl (C=O) groups is 1. The topological polar surface area (TPSA) is 26.3 Å². The van der Waals surface area contributed by atoms with Crippen molar-refractivity contribution in [3.63, 3.8) is 0 Å². The Hall–Kier alpha value is -1.52. The van der Waals surface area contributed by atoms with E-state index in [1.54, 1.807) is 6.92 Å². The molecule has 16 heavy (non-hydrogen) atoms. The van der Waals surface area contributed by atoms with Gasteiger partial charge in [0.15, 0.2) is 5.78 Å². The van der Waals surface area contributed by atoms with Crippen LogP contribution < -0.4 is 4.74 Å². The van der Waals surface area contributed by atoms with Gasteiger partial charge in [-0.15, -0.1) is 0 Å². The quantitative estimate of drug-likeness (QED) is 0.685. The van der Waals surface area contributed by atoms with E-state index in [1.165, 1.54) is 6.07 Å². The fourth-order valence-electron chi connectivity index (χ4n) is 1.58. The van der Waals surface area contributed by atoms with Crippen LogP contribution in [0.3, 0.4) is 0 Å². The Morgan fingerprint density at radius 1 is 1.38 bits per heavy atom. The number of carbonyl (C=O) groups excluding carboxylic acids is 1. The molecule has 86 valence electrons. The first-order valence-corrected chi connectivity index (χ1v) is 4.78. The van der Waals surface area contributed by atoms with Crippen LogP contribution in [0.5, 0.6) is 5.75 Å². The Labute approximate surface area is 90.0 Å². The van der Waals surface area contributed by atoms with Crippen LogP contribution in [0, 0.1) is 5.92 Å². The molecule has 5 heteroatoms. The fourth-order valence-corrected chi connectivity index (χ4v) is 1.58. The maximum atomic E-state index is 12.4. The lowest BCUT2D eigenvalue weighted by atomic mass is 9.95. The largest absolute Gasteiger partial charge is 0.492 e. The third kappa shape index (κ3) is 1.77. The van der Waals surface area contributed by atoms with E-state index in [9.17, 15) is 18.0 Å². The Morgan fingerprint density at radius 2 is 2.06 bits per heavy atom. The van der Waals surface area contributed by atoms with E-state index >= 15 is 0 Å². The summed E-state index contributed by atoms with van der Waals surface area (Å²) in [5.41, 5.74) is -0.569. The zero-order valence-electron chi connectivity index (χ0n) is 8.47. The first-order valence-electron chi connectivity index (χ1n) is 4.78. The predicted molar refractivity (Wildman–Crippen MR) is 50.4 cm³/mol. The summed E-state index contributed by atoms with van der Waals surface area (Å²) in [5, 5.41) is 0. The van der Waals surface area contributed by atoms with Crippen LogP contribution in [0.2, 0.25) is 0 Å². The Bertz CT molecular complexity index is 437. The summed E-state index contributed by atoms with van der Waals surface area (Å²) < 4.78 is 42.3. The first kappa shape index (κ1) is 11.0. The average molecular weight is 230 g/mol. The van der Waals surface area contributed by atoms with Gasteiger partial charge in [0.25, 0.3) is 0 Å². The summed E-state index contributed by atoms with van der Waals surface area (Å²) in [6.45, 7) is 1.82. The summed E-state index contributed by atoms with van der Waals surface area (Å²) in [6, 6.07) is 2.95.